The van der Waals surface area contributed by atoms with Crippen molar-refractivity contribution in [3.8, 4) is 6.07 Å². The zero-order chi connectivity index (χ0) is 14.9. The van der Waals surface area contributed by atoms with E-state index in [-0.39, 0.29) is 4.90 Å². The fourth-order valence-electron chi connectivity index (χ4n) is 1.85. The number of aryl methyl sites for hydroxylation is 2. The summed E-state index contributed by atoms with van der Waals surface area (Å²) in [5.41, 5.74) is 2.09. The van der Waals surface area contributed by atoms with Crippen molar-refractivity contribution in [1.29, 1.82) is 5.26 Å². The molecule has 0 bridgehead atoms. The van der Waals surface area contributed by atoms with Crippen molar-refractivity contribution >= 4 is 15.7 Å². The van der Waals surface area contributed by atoms with Crippen molar-refractivity contribution in [3.05, 3.63) is 41.2 Å². The minimum Gasteiger partial charge on any atom is -0.276 e. The van der Waals surface area contributed by atoms with Crippen LogP contribution in [0, 0.1) is 25.2 Å². The van der Waals surface area contributed by atoms with E-state index in [2.05, 4.69) is 9.82 Å². The minimum absolute atomic E-state index is 0.0548. The van der Waals surface area contributed by atoms with Crippen LogP contribution < -0.4 is 4.72 Å². The number of benzene rings is 1. The van der Waals surface area contributed by atoms with Crippen LogP contribution in [0.4, 0.5) is 5.69 Å². The monoisotopic (exact) mass is 290 g/mol. The fraction of sp³-hybridized carbons (Fsp3) is 0.231. The van der Waals surface area contributed by atoms with Gasteiger partial charge in [-0.05, 0) is 32.0 Å². The smallest absolute Gasteiger partial charge is 0.262 e. The predicted molar refractivity (Wildman–Crippen MR) is 74.6 cm³/mol. The van der Waals surface area contributed by atoms with Gasteiger partial charge in [-0.3, -0.25) is 9.40 Å². The molecule has 7 heteroatoms. The zero-order valence-corrected chi connectivity index (χ0v) is 12.2. The van der Waals surface area contributed by atoms with Crippen molar-refractivity contribution in [2.45, 2.75) is 18.7 Å². The number of hydrogen-bond acceptors (Lipinski definition) is 4. The van der Waals surface area contributed by atoms with Gasteiger partial charge in [-0.15, -0.1) is 0 Å². The number of nitriles is 1. The van der Waals surface area contributed by atoms with Gasteiger partial charge in [0.15, 0.2) is 0 Å². The highest BCUT2D eigenvalue weighted by Gasteiger charge is 2.19. The number of nitrogens with zero attached hydrogens (tertiary/aromatic N) is 3. The van der Waals surface area contributed by atoms with Crippen LogP contribution in [0.3, 0.4) is 0 Å². The average molecular weight is 290 g/mol. The second-order valence-corrected chi connectivity index (χ2v) is 6.10. The van der Waals surface area contributed by atoms with Gasteiger partial charge < -0.3 is 0 Å². The third kappa shape index (κ3) is 2.51. The van der Waals surface area contributed by atoms with Crippen LogP contribution in [-0.2, 0) is 17.1 Å². The lowest BCUT2D eigenvalue weighted by atomic mass is 10.2. The maximum atomic E-state index is 12.3. The molecule has 0 atom stereocenters. The second-order valence-electron chi connectivity index (χ2n) is 4.41. The summed E-state index contributed by atoms with van der Waals surface area (Å²) < 4.78 is 28.8. The Morgan fingerprint density at radius 1 is 1.35 bits per heavy atom. The van der Waals surface area contributed by atoms with Crippen molar-refractivity contribution < 1.29 is 8.42 Å². The Bertz CT molecular complexity index is 800. The molecule has 0 unspecified atom stereocenters. The van der Waals surface area contributed by atoms with E-state index < -0.39 is 10.0 Å². The maximum Gasteiger partial charge on any atom is 0.262 e. The van der Waals surface area contributed by atoms with Crippen LogP contribution >= 0.6 is 0 Å². The van der Waals surface area contributed by atoms with E-state index in [4.69, 9.17) is 5.26 Å². The molecule has 0 radical (unpaired) electrons. The van der Waals surface area contributed by atoms with E-state index in [0.29, 0.717) is 16.9 Å². The summed E-state index contributed by atoms with van der Waals surface area (Å²) in [4.78, 5) is 0.0548. The number of hydrogen-bond donors (Lipinski definition) is 1. The van der Waals surface area contributed by atoms with Gasteiger partial charge in [0.1, 0.15) is 0 Å². The van der Waals surface area contributed by atoms with Gasteiger partial charge in [0.25, 0.3) is 10.0 Å². The second kappa shape index (κ2) is 4.98. The molecule has 104 valence electrons. The Hall–Kier alpha value is -2.33. The first-order chi connectivity index (χ1) is 9.35. The van der Waals surface area contributed by atoms with Gasteiger partial charge in [-0.1, -0.05) is 6.07 Å². The molecule has 20 heavy (non-hydrogen) atoms. The summed E-state index contributed by atoms with van der Waals surface area (Å²) in [5, 5.41) is 13.0. The minimum atomic E-state index is -3.73. The summed E-state index contributed by atoms with van der Waals surface area (Å²) in [5.74, 6) is 0. The van der Waals surface area contributed by atoms with Gasteiger partial charge in [-0.2, -0.15) is 10.4 Å². The molecule has 1 aromatic carbocycles. The molecule has 2 rings (SSSR count). The van der Waals surface area contributed by atoms with Crippen molar-refractivity contribution in [2.24, 2.45) is 7.05 Å². The third-order valence-corrected chi connectivity index (χ3v) is 4.37. The standard InChI is InChI=1S/C13H14N4O2S/c1-9-13(10(2)17(3)15-9)16-20(18,19)12-6-4-5-11(7-12)8-14/h4-7,16H,1-3H3. The fourth-order valence-corrected chi connectivity index (χ4v) is 3.07. The molecular weight excluding hydrogens is 276 g/mol. The van der Waals surface area contributed by atoms with E-state index >= 15 is 0 Å². The van der Waals surface area contributed by atoms with Gasteiger partial charge in [0.2, 0.25) is 0 Å². The molecule has 2 aromatic rings. The molecule has 6 nitrogen and oxygen atoms in total. The number of anilines is 1. The summed E-state index contributed by atoms with van der Waals surface area (Å²) in [6.45, 7) is 3.51. The molecular formula is C13H14N4O2S. The van der Waals surface area contributed by atoms with E-state index in [1.165, 1.54) is 18.2 Å². The summed E-state index contributed by atoms with van der Waals surface area (Å²) in [6.07, 6.45) is 0. The van der Waals surface area contributed by atoms with E-state index in [0.717, 1.165) is 5.69 Å². The summed E-state index contributed by atoms with van der Waals surface area (Å²) >= 11 is 0. The van der Waals surface area contributed by atoms with Gasteiger partial charge in [-0.25, -0.2) is 8.42 Å². The van der Waals surface area contributed by atoms with Crippen LogP contribution in [0.2, 0.25) is 0 Å². The number of aromatic nitrogens is 2. The number of sulfonamides is 1. The molecule has 1 aromatic heterocycles. The molecule has 0 fully saturated rings. The molecule has 1 heterocycles. The van der Waals surface area contributed by atoms with Gasteiger partial charge >= 0.3 is 0 Å². The lowest BCUT2D eigenvalue weighted by molar-refractivity contribution is 0.601. The molecule has 0 spiro atoms. The van der Waals surface area contributed by atoms with E-state index in [1.807, 2.05) is 6.07 Å². The first-order valence-corrected chi connectivity index (χ1v) is 7.36. The maximum absolute atomic E-state index is 12.3. The first-order valence-electron chi connectivity index (χ1n) is 5.88. The SMILES string of the molecule is Cc1nn(C)c(C)c1NS(=O)(=O)c1cccc(C#N)c1. The first kappa shape index (κ1) is 14.1. The lowest BCUT2D eigenvalue weighted by Crippen LogP contribution is -2.14. The van der Waals surface area contributed by atoms with Crippen LogP contribution in [0.25, 0.3) is 0 Å². The number of nitrogens with one attached hydrogen (secondary N) is 1. The van der Waals surface area contributed by atoms with Crippen LogP contribution in [0.15, 0.2) is 29.2 Å². The summed E-state index contributed by atoms with van der Waals surface area (Å²) in [6, 6.07) is 7.80. The average Bonchev–Trinajstić information content (AvgIpc) is 2.65. The van der Waals surface area contributed by atoms with Crippen LogP contribution in [0.1, 0.15) is 17.0 Å². The Morgan fingerprint density at radius 2 is 2.05 bits per heavy atom. The van der Waals surface area contributed by atoms with Crippen LogP contribution in [0.5, 0.6) is 0 Å². The quantitative estimate of drug-likeness (QED) is 0.932. The van der Waals surface area contributed by atoms with Gasteiger partial charge in [0, 0.05) is 7.05 Å². The Kier molecular flexibility index (Phi) is 3.51. The summed E-state index contributed by atoms with van der Waals surface area (Å²) in [7, 11) is -1.99. The highest BCUT2D eigenvalue weighted by molar-refractivity contribution is 7.92. The lowest BCUT2D eigenvalue weighted by Gasteiger charge is -2.08. The molecule has 0 saturated heterocycles. The van der Waals surface area contributed by atoms with Gasteiger partial charge in [0.05, 0.1) is 33.6 Å². The normalized spacial score (nSPS) is 11.1. The zero-order valence-electron chi connectivity index (χ0n) is 11.4. The number of rotatable bonds is 3. The van der Waals surface area contributed by atoms with E-state index in [1.54, 1.807) is 31.6 Å². The Balaban J connectivity index is 2.44. The molecule has 0 saturated carbocycles. The van der Waals surface area contributed by atoms with Crippen LogP contribution in [-0.4, -0.2) is 18.2 Å². The van der Waals surface area contributed by atoms with E-state index in [9.17, 15) is 8.42 Å². The van der Waals surface area contributed by atoms with Crippen molar-refractivity contribution in [3.63, 3.8) is 0 Å². The highest BCUT2D eigenvalue weighted by Crippen LogP contribution is 2.22. The third-order valence-electron chi connectivity index (χ3n) is 3.02. The molecule has 0 aliphatic carbocycles. The largest absolute Gasteiger partial charge is 0.276 e. The predicted octanol–water partition coefficient (Wildman–Crippen LogP) is 1.71. The Labute approximate surface area is 117 Å². The molecule has 0 amide bonds. The van der Waals surface area contributed by atoms with Crippen molar-refractivity contribution in [1.82, 2.24) is 9.78 Å². The topological polar surface area (TPSA) is 87.8 Å². The highest BCUT2D eigenvalue weighted by atomic mass is 32.2. The Morgan fingerprint density at radius 3 is 2.60 bits per heavy atom. The molecule has 0 aliphatic rings. The van der Waals surface area contributed by atoms with Crippen molar-refractivity contribution in [2.75, 3.05) is 4.72 Å². The molecule has 0 aliphatic heterocycles. The molecule has 1 N–H and O–H groups in total.